The first-order valence-electron chi connectivity index (χ1n) is 8.62. The highest BCUT2D eigenvalue weighted by atomic mass is 16.2. The maximum Gasteiger partial charge on any atom is 0.247 e. The second-order valence-corrected chi connectivity index (χ2v) is 7.03. The van der Waals surface area contributed by atoms with Gasteiger partial charge in [0.05, 0.1) is 5.41 Å². The van der Waals surface area contributed by atoms with Crippen molar-refractivity contribution in [3.05, 3.63) is 29.8 Å². The van der Waals surface area contributed by atoms with Gasteiger partial charge in [-0.1, -0.05) is 12.8 Å². The molecule has 1 aliphatic carbocycles. The van der Waals surface area contributed by atoms with Gasteiger partial charge in [-0.25, -0.2) is 0 Å². The molecule has 6 heteroatoms. The standard InChI is InChI=1S/C19H22N2O4/c1-12(17(24)20-15-7-5-14(6-8-15)13(2)22)21-16(23)11-19(18(21)25)9-3-4-10-19/h5-8,12H,3-4,9-11H2,1-2H3,(H,20,24). The molecule has 0 aromatic heterocycles. The van der Waals surface area contributed by atoms with Crippen molar-refractivity contribution in [2.75, 3.05) is 5.32 Å². The van der Waals surface area contributed by atoms with Crippen LogP contribution in [0.2, 0.25) is 0 Å². The summed E-state index contributed by atoms with van der Waals surface area (Å²) in [7, 11) is 0. The smallest absolute Gasteiger partial charge is 0.247 e. The zero-order valence-corrected chi connectivity index (χ0v) is 14.5. The van der Waals surface area contributed by atoms with Crippen LogP contribution < -0.4 is 5.32 Å². The number of amides is 3. The van der Waals surface area contributed by atoms with Crippen LogP contribution in [-0.4, -0.2) is 34.4 Å². The van der Waals surface area contributed by atoms with Gasteiger partial charge in [-0.3, -0.25) is 24.1 Å². The summed E-state index contributed by atoms with van der Waals surface area (Å²) >= 11 is 0. The van der Waals surface area contributed by atoms with E-state index in [1.54, 1.807) is 31.2 Å². The van der Waals surface area contributed by atoms with E-state index in [-0.39, 0.29) is 24.0 Å². The monoisotopic (exact) mass is 342 g/mol. The second kappa shape index (κ2) is 6.43. The van der Waals surface area contributed by atoms with E-state index >= 15 is 0 Å². The number of carbonyl (C=O) groups excluding carboxylic acids is 4. The summed E-state index contributed by atoms with van der Waals surface area (Å²) in [6.45, 7) is 3.04. The highest BCUT2D eigenvalue weighted by Gasteiger charge is 2.54. The van der Waals surface area contributed by atoms with Gasteiger partial charge in [-0.15, -0.1) is 0 Å². The van der Waals surface area contributed by atoms with Gasteiger partial charge < -0.3 is 5.32 Å². The van der Waals surface area contributed by atoms with Crippen LogP contribution in [0.4, 0.5) is 5.69 Å². The van der Waals surface area contributed by atoms with Crippen LogP contribution in [0, 0.1) is 5.41 Å². The van der Waals surface area contributed by atoms with Crippen molar-refractivity contribution in [2.45, 2.75) is 52.0 Å². The first-order chi connectivity index (χ1) is 11.8. The maximum atomic E-state index is 12.7. The maximum absolute atomic E-state index is 12.7. The van der Waals surface area contributed by atoms with Crippen LogP contribution in [0.25, 0.3) is 0 Å². The quantitative estimate of drug-likeness (QED) is 0.673. The molecule has 0 bridgehead atoms. The number of nitrogens with one attached hydrogen (secondary N) is 1. The molecule has 1 atom stereocenters. The summed E-state index contributed by atoms with van der Waals surface area (Å²) in [4.78, 5) is 50.0. The minimum atomic E-state index is -0.854. The Morgan fingerprint density at radius 2 is 1.72 bits per heavy atom. The van der Waals surface area contributed by atoms with Crippen molar-refractivity contribution >= 4 is 29.2 Å². The van der Waals surface area contributed by atoms with E-state index in [2.05, 4.69) is 5.32 Å². The van der Waals surface area contributed by atoms with Crippen LogP contribution in [0.3, 0.4) is 0 Å². The summed E-state index contributed by atoms with van der Waals surface area (Å²) in [5.74, 6) is -0.931. The van der Waals surface area contributed by atoms with E-state index in [4.69, 9.17) is 0 Å². The fourth-order valence-electron chi connectivity index (χ4n) is 3.81. The molecule has 2 fully saturated rings. The van der Waals surface area contributed by atoms with Gasteiger partial charge in [-0.05, 0) is 51.0 Å². The third-order valence-electron chi connectivity index (χ3n) is 5.32. The van der Waals surface area contributed by atoms with E-state index in [1.807, 2.05) is 0 Å². The van der Waals surface area contributed by atoms with Gasteiger partial charge in [0.25, 0.3) is 0 Å². The van der Waals surface area contributed by atoms with E-state index in [9.17, 15) is 19.2 Å². The van der Waals surface area contributed by atoms with Gasteiger partial charge in [0.15, 0.2) is 5.78 Å². The van der Waals surface area contributed by atoms with Gasteiger partial charge in [-0.2, -0.15) is 0 Å². The zero-order valence-electron chi connectivity index (χ0n) is 14.5. The molecule has 1 N–H and O–H groups in total. The number of rotatable bonds is 4. The van der Waals surface area contributed by atoms with Gasteiger partial charge in [0.1, 0.15) is 6.04 Å². The molecule has 3 rings (SSSR count). The Labute approximate surface area is 146 Å². The Balaban J connectivity index is 1.71. The van der Waals surface area contributed by atoms with E-state index in [0.29, 0.717) is 11.3 Å². The summed E-state index contributed by atoms with van der Waals surface area (Å²) < 4.78 is 0. The van der Waals surface area contributed by atoms with Crippen molar-refractivity contribution in [3.8, 4) is 0 Å². The SMILES string of the molecule is CC(=O)c1ccc(NC(=O)C(C)N2C(=O)CC3(CCCC3)C2=O)cc1. The Kier molecular flexibility index (Phi) is 4.45. The Bertz CT molecular complexity index is 732. The first kappa shape index (κ1) is 17.3. The number of Topliss-reactive ketones (excluding diaryl/α,β-unsaturated/α-hetero) is 1. The van der Waals surface area contributed by atoms with Gasteiger partial charge >= 0.3 is 0 Å². The number of benzene rings is 1. The fraction of sp³-hybridized carbons (Fsp3) is 0.474. The van der Waals surface area contributed by atoms with E-state index in [0.717, 1.165) is 30.6 Å². The molecule has 2 aliphatic rings. The van der Waals surface area contributed by atoms with Crippen molar-refractivity contribution in [3.63, 3.8) is 0 Å². The Hall–Kier alpha value is -2.50. The molecule has 1 saturated carbocycles. The lowest BCUT2D eigenvalue weighted by atomic mass is 9.84. The Morgan fingerprint density at radius 1 is 1.12 bits per heavy atom. The largest absolute Gasteiger partial charge is 0.324 e. The number of ketones is 1. The lowest BCUT2D eigenvalue weighted by Crippen LogP contribution is -2.46. The van der Waals surface area contributed by atoms with Crippen molar-refractivity contribution < 1.29 is 19.2 Å². The molecule has 3 amide bonds. The van der Waals surface area contributed by atoms with Crippen LogP contribution in [0.5, 0.6) is 0 Å². The van der Waals surface area contributed by atoms with Crippen molar-refractivity contribution in [2.24, 2.45) is 5.41 Å². The highest BCUT2D eigenvalue weighted by molar-refractivity contribution is 6.10. The Morgan fingerprint density at radius 3 is 2.28 bits per heavy atom. The third kappa shape index (κ3) is 3.08. The molecular weight excluding hydrogens is 320 g/mol. The van der Waals surface area contributed by atoms with Crippen LogP contribution >= 0.6 is 0 Å². The first-order valence-corrected chi connectivity index (χ1v) is 8.62. The van der Waals surface area contributed by atoms with Crippen molar-refractivity contribution in [1.82, 2.24) is 4.90 Å². The topological polar surface area (TPSA) is 83.6 Å². The summed E-state index contributed by atoms with van der Waals surface area (Å²) in [5, 5.41) is 2.71. The summed E-state index contributed by atoms with van der Waals surface area (Å²) in [6.07, 6.45) is 3.59. The van der Waals surface area contributed by atoms with E-state index in [1.165, 1.54) is 6.92 Å². The molecule has 132 valence electrons. The average Bonchev–Trinajstić information content (AvgIpc) is 3.13. The van der Waals surface area contributed by atoms with Crippen LogP contribution in [0.1, 0.15) is 56.3 Å². The summed E-state index contributed by atoms with van der Waals surface area (Å²) in [5.41, 5.74) is 0.505. The van der Waals surface area contributed by atoms with Crippen LogP contribution in [-0.2, 0) is 14.4 Å². The zero-order chi connectivity index (χ0) is 18.2. The highest BCUT2D eigenvalue weighted by Crippen LogP contribution is 2.47. The predicted molar refractivity (Wildman–Crippen MR) is 91.9 cm³/mol. The number of hydrogen-bond donors (Lipinski definition) is 1. The van der Waals surface area contributed by atoms with Gasteiger partial charge in [0.2, 0.25) is 17.7 Å². The number of imide groups is 1. The van der Waals surface area contributed by atoms with Crippen molar-refractivity contribution in [1.29, 1.82) is 0 Å². The molecule has 1 unspecified atom stereocenters. The number of hydrogen-bond acceptors (Lipinski definition) is 4. The molecule has 1 saturated heterocycles. The molecular formula is C19H22N2O4. The molecule has 1 heterocycles. The lowest BCUT2D eigenvalue weighted by Gasteiger charge is -2.25. The van der Waals surface area contributed by atoms with E-state index < -0.39 is 17.4 Å². The predicted octanol–water partition coefficient (Wildman–Crippen LogP) is 2.54. The minimum absolute atomic E-state index is 0.0543. The molecule has 6 nitrogen and oxygen atoms in total. The van der Waals surface area contributed by atoms with Crippen LogP contribution in [0.15, 0.2) is 24.3 Å². The normalized spacial score (nSPS) is 20.2. The molecule has 1 aliphatic heterocycles. The molecule has 1 aromatic carbocycles. The summed E-state index contributed by atoms with van der Waals surface area (Å²) in [6, 6.07) is 5.67. The fourth-order valence-corrected chi connectivity index (χ4v) is 3.81. The third-order valence-corrected chi connectivity index (χ3v) is 5.32. The lowest BCUT2D eigenvalue weighted by molar-refractivity contribution is -0.147. The second-order valence-electron chi connectivity index (χ2n) is 7.03. The number of carbonyl (C=O) groups is 4. The molecule has 25 heavy (non-hydrogen) atoms. The minimum Gasteiger partial charge on any atom is -0.324 e. The molecule has 1 spiro atoms. The van der Waals surface area contributed by atoms with Gasteiger partial charge in [0, 0.05) is 17.7 Å². The number of anilines is 1. The number of nitrogens with zero attached hydrogens (tertiary/aromatic N) is 1. The number of likely N-dealkylation sites (tertiary alicyclic amines) is 1. The molecule has 0 radical (unpaired) electrons. The molecule has 1 aromatic rings. The average molecular weight is 342 g/mol.